The Labute approximate surface area is 130 Å². The molecule has 23 heavy (non-hydrogen) atoms. The Morgan fingerprint density at radius 1 is 1.39 bits per heavy atom. The van der Waals surface area contributed by atoms with Crippen LogP contribution in [-0.2, 0) is 30.4 Å². The SMILES string of the molecule is Cc1[nH]cnc1CC(=O)N1CCc2ncc(C(F)(F)F)cc2C1. The molecule has 122 valence electrons. The fourth-order valence-corrected chi connectivity index (χ4v) is 2.61. The lowest BCUT2D eigenvalue weighted by Crippen LogP contribution is -2.37. The number of rotatable bonds is 2. The van der Waals surface area contributed by atoms with E-state index in [-0.39, 0.29) is 18.9 Å². The number of amides is 1. The van der Waals surface area contributed by atoms with Gasteiger partial charge in [0.25, 0.3) is 0 Å². The van der Waals surface area contributed by atoms with Gasteiger partial charge in [0.2, 0.25) is 5.91 Å². The summed E-state index contributed by atoms with van der Waals surface area (Å²) in [5.74, 6) is -0.150. The average molecular weight is 324 g/mol. The van der Waals surface area contributed by atoms with E-state index >= 15 is 0 Å². The van der Waals surface area contributed by atoms with Crippen LogP contribution in [0.5, 0.6) is 0 Å². The number of hydrogen-bond donors (Lipinski definition) is 1. The van der Waals surface area contributed by atoms with Gasteiger partial charge in [0.1, 0.15) is 0 Å². The highest BCUT2D eigenvalue weighted by Crippen LogP contribution is 2.31. The Hall–Kier alpha value is -2.38. The quantitative estimate of drug-likeness (QED) is 0.922. The Bertz CT molecular complexity index is 739. The zero-order chi connectivity index (χ0) is 16.6. The first-order valence-corrected chi connectivity index (χ1v) is 7.16. The highest BCUT2D eigenvalue weighted by molar-refractivity contribution is 5.78. The zero-order valence-corrected chi connectivity index (χ0v) is 12.4. The summed E-state index contributed by atoms with van der Waals surface area (Å²) in [6.45, 7) is 2.42. The van der Waals surface area contributed by atoms with E-state index in [1.807, 2.05) is 6.92 Å². The first-order valence-electron chi connectivity index (χ1n) is 7.16. The summed E-state index contributed by atoms with van der Waals surface area (Å²) in [5, 5.41) is 0. The number of aromatic nitrogens is 3. The predicted molar refractivity (Wildman–Crippen MR) is 75.4 cm³/mol. The second kappa shape index (κ2) is 5.68. The van der Waals surface area contributed by atoms with Crippen molar-refractivity contribution in [3.63, 3.8) is 0 Å². The second-order valence-corrected chi connectivity index (χ2v) is 5.54. The van der Waals surface area contributed by atoms with Gasteiger partial charge < -0.3 is 9.88 Å². The third-order valence-electron chi connectivity index (χ3n) is 3.97. The van der Waals surface area contributed by atoms with Gasteiger partial charge in [0, 0.05) is 37.1 Å². The first kappa shape index (κ1) is 15.5. The molecule has 5 nitrogen and oxygen atoms in total. The van der Waals surface area contributed by atoms with Crippen LogP contribution in [0.3, 0.4) is 0 Å². The minimum Gasteiger partial charge on any atom is -0.348 e. The number of aryl methyl sites for hydroxylation is 1. The molecule has 0 fully saturated rings. The number of nitrogens with one attached hydrogen (secondary N) is 1. The number of H-pyrrole nitrogens is 1. The smallest absolute Gasteiger partial charge is 0.348 e. The maximum Gasteiger partial charge on any atom is 0.417 e. The van der Waals surface area contributed by atoms with E-state index in [1.54, 1.807) is 4.90 Å². The van der Waals surface area contributed by atoms with Crippen molar-refractivity contribution in [1.82, 2.24) is 19.9 Å². The van der Waals surface area contributed by atoms with Crippen molar-refractivity contribution in [2.45, 2.75) is 32.5 Å². The van der Waals surface area contributed by atoms with Gasteiger partial charge in [-0.1, -0.05) is 0 Å². The second-order valence-electron chi connectivity index (χ2n) is 5.54. The highest BCUT2D eigenvalue weighted by Gasteiger charge is 2.33. The van der Waals surface area contributed by atoms with Crippen LogP contribution in [0.2, 0.25) is 0 Å². The molecular formula is C15H15F3N4O. The molecule has 0 unspecified atom stereocenters. The van der Waals surface area contributed by atoms with Gasteiger partial charge in [0.15, 0.2) is 0 Å². The number of carbonyl (C=O) groups excluding carboxylic acids is 1. The number of carbonyl (C=O) groups is 1. The van der Waals surface area contributed by atoms with Crippen molar-refractivity contribution in [3.8, 4) is 0 Å². The highest BCUT2D eigenvalue weighted by atomic mass is 19.4. The first-order chi connectivity index (χ1) is 10.8. The van der Waals surface area contributed by atoms with Crippen molar-refractivity contribution in [3.05, 3.63) is 46.8 Å². The van der Waals surface area contributed by atoms with Crippen LogP contribution in [-0.4, -0.2) is 32.3 Å². The van der Waals surface area contributed by atoms with E-state index in [1.165, 1.54) is 6.33 Å². The zero-order valence-electron chi connectivity index (χ0n) is 12.4. The maximum absolute atomic E-state index is 12.8. The van der Waals surface area contributed by atoms with Gasteiger partial charge in [-0.15, -0.1) is 0 Å². The van der Waals surface area contributed by atoms with E-state index in [0.717, 1.165) is 18.0 Å². The molecule has 1 aliphatic heterocycles. The summed E-state index contributed by atoms with van der Waals surface area (Å²) in [6, 6.07) is 1.08. The average Bonchev–Trinajstić information content (AvgIpc) is 2.90. The third kappa shape index (κ3) is 3.20. The molecule has 1 N–H and O–H groups in total. The monoisotopic (exact) mass is 324 g/mol. The van der Waals surface area contributed by atoms with Crippen molar-refractivity contribution in [2.75, 3.05) is 6.54 Å². The van der Waals surface area contributed by atoms with E-state index in [2.05, 4.69) is 15.0 Å². The number of pyridine rings is 1. The van der Waals surface area contributed by atoms with Gasteiger partial charge in [-0.25, -0.2) is 4.98 Å². The number of aromatic amines is 1. The summed E-state index contributed by atoms with van der Waals surface area (Å²) in [7, 11) is 0. The Morgan fingerprint density at radius 2 is 2.17 bits per heavy atom. The topological polar surface area (TPSA) is 61.9 Å². The number of alkyl halides is 3. The molecule has 2 aromatic heterocycles. The summed E-state index contributed by atoms with van der Waals surface area (Å²) >= 11 is 0. The normalized spacial score (nSPS) is 14.7. The molecule has 0 spiro atoms. The van der Waals surface area contributed by atoms with E-state index in [4.69, 9.17) is 0 Å². The molecule has 1 amide bonds. The van der Waals surface area contributed by atoms with Crippen molar-refractivity contribution >= 4 is 5.91 Å². The summed E-state index contributed by atoms with van der Waals surface area (Å²) in [6.07, 6.45) is -1.47. The Balaban J connectivity index is 1.76. The molecule has 2 aromatic rings. The maximum atomic E-state index is 12.8. The lowest BCUT2D eigenvalue weighted by atomic mass is 10.0. The van der Waals surface area contributed by atoms with E-state index in [9.17, 15) is 18.0 Å². The molecule has 0 aromatic carbocycles. The lowest BCUT2D eigenvalue weighted by molar-refractivity contribution is -0.137. The molecule has 3 heterocycles. The molecule has 3 rings (SSSR count). The van der Waals surface area contributed by atoms with Gasteiger partial charge in [0.05, 0.1) is 24.0 Å². The van der Waals surface area contributed by atoms with Gasteiger partial charge in [-0.05, 0) is 18.6 Å². The molecule has 0 bridgehead atoms. The number of hydrogen-bond acceptors (Lipinski definition) is 3. The standard InChI is InChI=1S/C15H15F3N4O/c1-9-13(21-8-20-9)5-14(23)22-3-2-12-10(7-22)4-11(6-19-12)15(16,17)18/h4,6,8H,2-3,5,7H2,1H3,(H,20,21). The van der Waals surface area contributed by atoms with E-state index < -0.39 is 11.7 Å². The number of halogens is 3. The summed E-state index contributed by atoms with van der Waals surface area (Å²) in [5.41, 5.74) is 1.77. The predicted octanol–water partition coefficient (Wildman–Crippen LogP) is 2.26. The lowest BCUT2D eigenvalue weighted by Gasteiger charge is -2.28. The minimum atomic E-state index is -4.43. The Kier molecular flexibility index (Phi) is 3.83. The number of nitrogens with zero attached hydrogens (tertiary/aromatic N) is 3. The number of fused-ring (bicyclic) bond motifs is 1. The molecule has 0 aliphatic carbocycles. The molecular weight excluding hydrogens is 309 g/mol. The van der Waals surface area contributed by atoms with Crippen molar-refractivity contribution in [1.29, 1.82) is 0 Å². The van der Waals surface area contributed by atoms with Crippen LogP contribution in [0.25, 0.3) is 0 Å². The van der Waals surface area contributed by atoms with Gasteiger partial charge in [-0.3, -0.25) is 9.78 Å². The largest absolute Gasteiger partial charge is 0.417 e. The fourth-order valence-electron chi connectivity index (χ4n) is 2.61. The van der Waals surface area contributed by atoms with Crippen LogP contribution < -0.4 is 0 Å². The third-order valence-corrected chi connectivity index (χ3v) is 3.97. The van der Waals surface area contributed by atoms with E-state index in [0.29, 0.717) is 29.9 Å². The number of imidazole rings is 1. The molecule has 1 aliphatic rings. The Morgan fingerprint density at radius 3 is 2.83 bits per heavy atom. The molecule has 8 heteroatoms. The van der Waals surface area contributed by atoms with Crippen LogP contribution in [0.15, 0.2) is 18.6 Å². The minimum absolute atomic E-state index is 0.136. The molecule has 0 atom stereocenters. The molecule has 0 saturated heterocycles. The van der Waals surface area contributed by atoms with Crippen LogP contribution in [0, 0.1) is 6.92 Å². The summed E-state index contributed by atoms with van der Waals surface area (Å²) in [4.78, 5) is 24.8. The van der Waals surface area contributed by atoms with Gasteiger partial charge >= 0.3 is 6.18 Å². The molecule has 0 saturated carbocycles. The van der Waals surface area contributed by atoms with Crippen LogP contribution >= 0.6 is 0 Å². The van der Waals surface area contributed by atoms with Gasteiger partial charge in [-0.2, -0.15) is 13.2 Å². The van der Waals surface area contributed by atoms with Crippen LogP contribution in [0.4, 0.5) is 13.2 Å². The molecule has 0 radical (unpaired) electrons. The fraction of sp³-hybridized carbons (Fsp3) is 0.400. The summed E-state index contributed by atoms with van der Waals surface area (Å²) < 4.78 is 38.3. The van der Waals surface area contributed by atoms with Crippen molar-refractivity contribution in [2.24, 2.45) is 0 Å². The van der Waals surface area contributed by atoms with Crippen LogP contribution in [0.1, 0.15) is 28.2 Å². The van der Waals surface area contributed by atoms with Crippen molar-refractivity contribution < 1.29 is 18.0 Å².